The van der Waals surface area contributed by atoms with Crippen LogP contribution in [0.2, 0.25) is 0 Å². The molecule has 0 amide bonds. The van der Waals surface area contributed by atoms with Crippen molar-refractivity contribution in [3.8, 4) is 6.07 Å². The molecule has 0 saturated heterocycles. The molecule has 0 aliphatic heterocycles. The van der Waals surface area contributed by atoms with Crippen molar-refractivity contribution < 1.29 is 8.63 Å². The topological polar surface area (TPSA) is 92.9 Å². The van der Waals surface area contributed by atoms with E-state index in [4.69, 9.17) is 15.4 Å². The number of nitrogens with two attached hydrogens (primary N) is 1. The van der Waals surface area contributed by atoms with Crippen molar-refractivity contribution in [3.63, 3.8) is 0 Å². The van der Waals surface area contributed by atoms with Gasteiger partial charge < -0.3 is 10.2 Å². The second-order valence-electron chi connectivity index (χ2n) is 3.28. The van der Waals surface area contributed by atoms with Gasteiger partial charge in [0.15, 0.2) is 5.58 Å². The molecule has 0 fully saturated rings. The molecule has 0 aliphatic carbocycles. The summed E-state index contributed by atoms with van der Waals surface area (Å²) in [5.74, 6) is 0. The van der Waals surface area contributed by atoms with E-state index in [0.29, 0.717) is 16.8 Å². The van der Waals surface area contributed by atoms with Crippen molar-refractivity contribution in [2.75, 3.05) is 5.73 Å². The zero-order valence-electron chi connectivity index (χ0n) is 8.51. The zero-order valence-corrected chi connectivity index (χ0v) is 9.32. The molecule has 1 aromatic carbocycles. The Morgan fingerprint density at radius 3 is 3.06 bits per heavy atom. The van der Waals surface area contributed by atoms with Crippen LogP contribution in [0.4, 0.5) is 5.69 Å². The molecule has 16 heavy (non-hydrogen) atoms. The van der Waals surface area contributed by atoms with E-state index in [2.05, 4.69) is 4.98 Å². The number of fused-ring (bicyclic) bond motifs is 1. The fraction of sp³-hybridized carbons (Fsp3) is 0.200. The van der Waals surface area contributed by atoms with Crippen molar-refractivity contribution in [2.45, 2.75) is 17.4 Å². The summed E-state index contributed by atoms with van der Waals surface area (Å²) >= 11 is 0. The summed E-state index contributed by atoms with van der Waals surface area (Å²) in [6.07, 6.45) is 0. The number of anilines is 1. The number of oxazole rings is 1. The first-order valence-corrected chi connectivity index (χ1v) is 5.79. The predicted octanol–water partition coefficient (Wildman–Crippen LogP) is 1.43. The van der Waals surface area contributed by atoms with Crippen LogP contribution in [0, 0.1) is 11.3 Å². The first-order valence-electron chi connectivity index (χ1n) is 4.58. The molecule has 0 radical (unpaired) electrons. The minimum Gasteiger partial charge on any atom is -0.430 e. The first-order chi connectivity index (χ1) is 7.61. The summed E-state index contributed by atoms with van der Waals surface area (Å²) in [6.45, 7) is 1.55. The molecule has 2 unspecified atom stereocenters. The Kier molecular flexibility index (Phi) is 2.62. The molecule has 1 heterocycles. The van der Waals surface area contributed by atoms with E-state index in [1.807, 2.05) is 6.07 Å². The van der Waals surface area contributed by atoms with Gasteiger partial charge in [0.2, 0.25) is 0 Å². The molecule has 2 rings (SSSR count). The normalized spacial score (nSPS) is 14.5. The molecule has 0 aliphatic rings. The molecule has 1 aromatic heterocycles. The summed E-state index contributed by atoms with van der Waals surface area (Å²) in [5.41, 5.74) is 7.21. The number of benzene rings is 1. The Hall–Kier alpha value is -1.87. The molecular weight excluding hydrogens is 226 g/mol. The van der Waals surface area contributed by atoms with E-state index in [1.54, 1.807) is 25.1 Å². The first kappa shape index (κ1) is 10.6. The molecule has 0 spiro atoms. The van der Waals surface area contributed by atoms with Crippen LogP contribution in [-0.4, -0.2) is 14.4 Å². The molecule has 0 saturated carbocycles. The molecule has 82 valence electrons. The maximum absolute atomic E-state index is 11.7. The van der Waals surface area contributed by atoms with E-state index in [0.717, 1.165) is 0 Å². The minimum atomic E-state index is -1.55. The van der Waals surface area contributed by atoms with Crippen LogP contribution in [0.3, 0.4) is 0 Å². The average molecular weight is 235 g/mol. The van der Waals surface area contributed by atoms with Gasteiger partial charge in [0.25, 0.3) is 5.22 Å². The van der Waals surface area contributed by atoms with Gasteiger partial charge in [-0.05, 0) is 25.1 Å². The summed E-state index contributed by atoms with van der Waals surface area (Å²) < 4.78 is 17.0. The van der Waals surface area contributed by atoms with Gasteiger partial charge in [-0.2, -0.15) is 5.26 Å². The standard InChI is InChI=1S/C10H9N3O2S/c1-6(5-11)16(14)10-13-8-4-7(12)2-3-9(8)15-10/h2-4,6H,12H2,1H3. The quantitative estimate of drug-likeness (QED) is 0.795. The summed E-state index contributed by atoms with van der Waals surface area (Å²) in [7, 11) is -1.55. The molecule has 0 bridgehead atoms. The molecule has 2 atom stereocenters. The van der Waals surface area contributed by atoms with E-state index in [9.17, 15) is 4.21 Å². The summed E-state index contributed by atoms with van der Waals surface area (Å²) in [4.78, 5) is 4.04. The lowest BCUT2D eigenvalue weighted by Crippen LogP contribution is -2.07. The number of nitrogens with zero attached hydrogens (tertiary/aromatic N) is 2. The maximum Gasteiger partial charge on any atom is 0.289 e. The van der Waals surface area contributed by atoms with Crippen LogP contribution in [0.25, 0.3) is 11.1 Å². The summed E-state index contributed by atoms with van der Waals surface area (Å²) in [5, 5.41) is 8.07. The Labute approximate surface area is 94.3 Å². The number of nitrogen functional groups attached to an aromatic ring is 1. The number of hydrogen-bond acceptors (Lipinski definition) is 5. The zero-order chi connectivity index (χ0) is 11.7. The van der Waals surface area contributed by atoms with Gasteiger partial charge in [0.1, 0.15) is 21.6 Å². The van der Waals surface area contributed by atoms with Gasteiger partial charge >= 0.3 is 0 Å². The van der Waals surface area contributed by atoms with Gasteiger partial charge in [-0.15, -0.1) is 0 Å². The number of aromatic nitrogens is 1. The highest BCUT2D eigenvalue weighted by atomic mass is 32.2. The lowest BCUT2D eigenvalue weighted by atomic mass is 10.3. The SMILES string of the molecule is CC(C#N)S(=O)c1nc2cc(N)ccc2o1. The fourth-order valence-electron chi connectivity index (χ4n) is 1.21. The monoisotopic (exact) mass is 235 g/mol. The Morgan fingerprint density at radius 1 is 1.62 bits per heavy atom. The van der Waals surface area contributed by atoms with E-state index in [1.165, 1.54) is 0 Å². The van der Waals surface area contributed by atoms with Crippen LogP contribution in [0.15, 0.2) is 27.8 Å². The van der Waals surface area contributed by atoms with Crippen molar-refractivity contribution in [2.24, 2.45) is 0 Å². The van der Waals surface area contributed by atoms with Crippen LogP contribution in [-0.2, 0) is 10.8 Å². The predicted molar refractivity (Wildman–Crippen MR) is 59.9 cm³/mol. The smallest absolute Gasteiger partial charge is 0.289 e. The molecular formula is C10H9N3O2S. The van der Waals surface area contributed by atoms with E-state index < -0.39 is 16.0 Å². The van der Waals surface area contributed by atoms with E-state index >= 15 is 0 Å². The van der Waals surface area contributed by atoms with Gasteiger partial charge in [-0.3, -0.25) is 0 Å². The highest BCUT2D eigenvalue weighted by Gasteiger charge is 2.18. The lowest BCUT2D eigenvalue weighted by molar-refractivity contribution is 0.477. The largest absolute Gasteiger partial charge is 0.430 e. The van der Waals surface area contributed by atoms with Crippen LogP contribution < -0.4 is 5.73 Å². The van der Waals surface area contributed by atoms with Gasteiger partial charge in [-0.25, -0.2) is 9.19 Å². The van der Waals surface area contributed by atoms with Gasteiger partial charge in [0, 0.05) is 5.69 Å². The Bertz CT molecular complexity index is 600. The third kappa shape index (κ3) is 1.77. The van der Waals surface area contributed by atoms with Gasteiger partial charge in [-0.1, -0.05) is 0 Å². The molecule has 5 nitrogen and oxygen atoms in total. The minimum absolute atomic E-state index is 0.0645. The fourth-order valence-corrected chi connectivity index (χ4v) is 1.97. The highest BCUT2D eigenvalue weighted by Crippen LogP contribution is 2.21. The lowest BCUT2D eigenvalue weighted by Gasteiger charge is -1.95. The highest BCUT2D eigenvalue weighted by molar-refractivity contribution is 7.85. The van der Waals surface area contributed by atoms with Crippen LogP contribution in [0.5, 0.6) is 0 Å². The van der Waals surface area contributed by atoms with Crippen molar-refractivity contribution >= 4 is 27.6 Å². The number of rotatable bonds is 2. The Balaban J connectivity index is 2.48. The van der Waals surface area contributed by atoms with Gasteiger partial charge in [0.05, 0.1) is 6.07 Å². The van der Waals surface area contributed by atoms with Crippen molar-refractivity contribution in [1.82, 2.24) is 4.98 Å². The average Bonchev–Trinajstić information content (AvgIpc) is 2.69. The van der Waals surface area contributed by atoms with Crippen LogP contribution in [0.1, 0.15) is 6.92 Å². The molecule has 2 aromatic rings. The van der Waals surface area contributed by atoms with Crippen molar-refractivity contribution in [3.05, 3.63) is 18.2 Å². The van der Waals surface area contributed by atoms with Crippen molar-refractivity contribution in [1.29, 1.82) is 5.26 Å². The number of hydrogen-bond donors (Lipinski definition) is 1. The Morgan fingerprint density at radius 2 is 2.38 bits per heavy atom. The van der Waals surface area contributed by atoms with E-state index in [-0.39, 0.29) is 5.22 Å². The summed E-state index contributed by atoms with van der Waals surface area (Å²) in [6, 6.07) is 6.87. The second kappa shape index (κ2) is 3.94. The third-order valence-corrected chi connectivity index (χ3v) is 3.33. The molecule has 6 heteroatoms. The second-order valence-corrected chi connectivity index (χ2v) is 4.93. The third-order valence-electron chi connectivity index (χ3n) is 2.07. The molecule has 2 N–H and O–H groups in total. The van der Waals surface area contributed by atoms with Crippen LogP contribution >= 0.6 is 0 Å². The maximum atomic E-state index is 11.7. The number of nitriles is 1.